The van der Waals surface area contributed by atoms with Gasteiger partial charge in [0.25, 0.3) is 0 Å². The minimum Gasteiger partial charge on any atom is -0.469 e. The molecule has 2 rings (SSSR count). The molecular formula is C11H16N2O4S. The minimum atomic E-state index is -3.62. The maximum atomic E-state index is 11.6. The smallest absolute Gasteiger partial charge is 0.224 e. The zero-order valence-corrected chi connectivity index (χ0v) is 10.7. The Morgan fingerprint density at radius 2 is 2.28 bits per heavy atom. The molecule has 1 aliphatic heterocycles. The molecule has 0 aliphatic carbocycles. The molecule has 1 fully saturated rings. The van der Waals surface area contributed by atoms with Gasteiger partial charge in [-0.3, -0.25) is 4.79 Å². The second-order valence-electron chi connectivity index (χ2n) is 4.44. The number of sulfonamides is 1. The molecule has 18 heavy (non-hydrogen) atoms. The third kappa shape index (κ3) is 3.11. The molecule has 1 atom stereocenters. The van der Waals surface area contributed by atoms with Gasteiger partial charge in [0.2, 0.25) is 15.9 Å². The lowest BCUT2D eigenvalue weighted by Crippen LogP contribution is -2.32. The van der Waals surface area contributed by atoms with Gasteiger partial charge in [-0.1, -0.05) is 0 Å². The molecule has 1 aromatic heterocycles. The zero-order chi connectivity index (χ0) is 13.2. The van der Waals surface area contributed by atoms with Crippen molar-refractivity contribution in [1.29, 1.82) is 0 Å². The summed E-state index contributed by atoms with van der Waals surface area (Å²) in [6.07, 6.45) is 3.08. The highest BCUT2D eigenvalue weighted by Crippen LogP contribution is 2.17. The lowest BCUT2D eigenvalue weighted by atomic mass is 10.2. The summed E-state index contributed by atoms with van der Waals surface area (Å²) in [6, 6.07) is 3.69. The highest BCUT2D eigenvalue weighted by atomic mass is 32.2. The van der Waals surface area contributed by atoms with Crippen LogP contribution in [-0.4, -0.2) is 37.6 Å². The molecule has 1 saturated heterocycles. The first kappa shape index (κ1) is 13.1. The molecule has 6 nitrogen and oxygen atoms in total. The fourth-order valence-electron chi connectivity index (χ4n) is 2.07. The largest absolute Gasteiger partial charge is 0.469 e. The Morgan fingerprint density at radius 1 is 1.50 bits per heavy atom. The molecule has 7 heteroatoms. The van der Waals surface area contributed by atoms with E-state index >= 15 is 0 Å². The topological polar surface area (TPSA) is 93.6 Å². The zero-order valence-electron chi connectivity index (χ0n) is 9.91. The minimum absolute atomic E-state index is 0.000411. The number of likely N-dealkylation sites (tertiary alicyclic amines) is 1. The summed E-state index contributed by atoms with van der Waals surface area (Å²) < 4.78 is 27.5. The number of carbonyl (C=O) groups excluding carboxylic acids is 1. The van der Waals surface area contributed by atoms with Gasteiger partial charge in [0, 0.05) is 25.9 Å². The average molecular weight is 272 g/mol. The van der Waals surface area contributed by atoms with Crippen LogP contribution < -0.4 is 5.14 Å². The van der Waals surface area contributed by atoms with Crippen LogP contribution in [0.25, 0.3) is 0 Å². The van der Waals surface area contributed by atoms with E-state index in [0.717, 1.165) is 18.6 Å². The van der Waals surface area contributed by atoms with E-state index in [1.165, 1.54) is 0 Å². The summed E-state index contributed by atoms with van der Waals surface area (Å²) in [6.45, 7) is 0.737. The lowest BCUT2D eigenvalue weighted by Gasteiger charge is -2.15. The van der Waals surface area contributed by atoms with E-state index in [1.807, 2.05) is 12.1 Å². The van der Waals surface area contributed by atoms with E-state index in [0.29, 0.717) is 6.54 Å². The molecule has 1 aliphatic rings. The molecule has 2 N–H and O–H groups in total. The maximum Gasteiger partial charge on any atom is 0.224 e. The third-order valence-electron chi connectivity index (χ3n) is 3.07. The van der Waals surface area contributed by atoms with E-state index in [1.54, 1.807) is 11.2 Å². The van der Waals surface area contributed by atoms with Crippen molar-refractivity contribution in [3.05, 3.63) is 24.2 Å². The summed E-state index contributed by atoms with van der Waals surface area (Å²) in [5.74, 6) is 0.720. The predicted molar refractivity (Wildman–Crippen MR) is 65.1 cm³/mol. The predicted octanol–water partition coefficient (Wildman–Crippen LogP) is 0.102. The fourth-order valence-corrected chi connectivity index (χ4v) is 2.83. The maximum absolute atomic E-state index is 11.6. The average Bonchev–Trinajstić information content (AvgIpc) is 2.88. The molecule has 0 aromatic carbocycles. The first-order valence-electron chi connectivity index (χ1n) is 5.78. The SMILES string of the molecule is NS(=O)(=O)C1CC(=O)N(CCCc2ccco2)C1. The van der Waals surface area contributed by atoms with Crippen LogP contribution in [-0.2, 0) is 21.2 Å². The first-order chi connectivity index (χ1) is 8.47. The van der Waals surface area contributed by atoms with Gasteiger partial charge in [-0.15, -0.1) is 0 Å². The van der Waals surface area contributed by atoms with Crippen molar-refractivity contribution in [2.24, 2.45) is 5.14 Å². The van der Waals surface area contributed by atoms with Gasteiger partial charge in [0.15, 0.2) is 0 Å². The van der Waals surface area contributed by atoms with Gasteiger partial charge in [0.05, 0.1) is 6.26 Å². The van der Waals surface area contributed by atoms with Crippen LogP contribution in [0.15, 0.2) is 22.8 Å². The van der Waals surface area contributed by atoms with Gasteiger partial charge in [-0.2, -0.15) is 0 Å². The Balaban J connectivity index is 1.82. The standard InChI is InChI=1S/C11H16N2O4S/c12-18(15,16)10-7-11(14)13(8-10)5-1-3-9-4-2-6-17-9/h2,4,6,10H,1,3,5,7-8H2,(H2,12,15,16). The third-order valence-corrected chi connectivity index (χ3v) is 4.32. The lowest BCUT2D eigenvalue weighted by molar-refractivity contribution is -0.127. The number of nitrogens with zero attached hydrogens (tertiary/aromatic N) is 1. The molecule has 1 unspecified atom stereocenters. The summed E-state index contributed by atoms with van der Waals surface area (Å²) in [5.41, 5.74) is 0. The van der Waals surface area contributed by atoms with Crippen LogP contribution in [0.5, 0.6) is 0 Å². The molecule has 100 valence electrons. The number of rotatable bonds is 5. The molecule has 0 bridgehead atoms. The number of carbonyl (C=O) groups is 1. The van der Waals surface area contributed by atoms with E-state index in [-0.39, 0.29) is 18.9 Å². The summed E-state index contributed by atoms with van der Waals surface area (Å²) in [5, 5.41) is 4.29. The van der Waals surface area contributed by atoms with Gasteiger partial charge < -0.3 is 9.32 Å². The van der Waals surface area contributed by atoms with Crippen molar-refractivity contribution in [2.75, 3.05) is 13.1 Å². The Labute approximate surface area is 106 Å². The van der Waals surface area contributed by atoms with Crippen LogP contribution in [0, 0.1) is 0 Å². The Bertz CT molecular complexity index is 509. The number of nitrogens with two attached hydrogens (primary N) is 1. The van der Waals surface area contributed by atoms with E-state index < -0.39 is 15.3 Å². The van der Waals surface area contributed by atoms with E-state index in [4.69, 9.17) is 9.56 Å². The van der Waals surface area contributed by atoms with Crippen molar-refractivity contribution in [3.8, 4) is 0 Å². The molecule has 0 saturated carbocycles. The van der Waals surface area contributed by atoms with Gasteiger partial charge >= 0.3 is 0 Å². The van der Waals surface area contributed by atoms with Crippen LogP contribution in [0.3, 0.4) is 0 Å². The normalized spacial score (nSPS) is 20.6. The van der Waals surface area contributed by atoms with Crippen molar-refractivity contribution in [3.63, 3.8) is 0 Å². The monoisotopic (exact) mass is 272 g/mol. The molecule has 2 heterocycles. The Hall–Kier alpha value is -1.34. The molecule has 1 amide bonds. The molecule has 0 spiro atoms. The summed E-state index contributed by atoms with van der Waals surface area (Å²) >= 11 is 0. The van der Waals surface area contributed by atoms with Crippen molar-refractivity contribution in [2.45, 2.75) is 24.5 Å². The number of hydrogen-bond acceptors (Lipinski definition) is 4. The van der Waals surface area contributed by atoms with Gasteiger partial charge in [-0.05, 0) is 18.6 Å². The number of hydrogen-bond donors (Lipinski definition) is 1. The summed E-state index contributed by atoms with van der Waals surface area (Å²) in [7, 11) is -3.62. The highest BCUT2D eigenvalue weighted by Gasteiger charge is 2.35. The second kappa shape index (κ2) is 5.11. The fraction of sp³-hybridized carbons (Fsp3) is 0.545. The number of primary sulfonamides is 1. The van der Waals surface area contributed by atoms with Crippen LogP contribution >= 0.6 is 0 Å². The van der Waals surface area contributed by atoms with Gasteiger partial charge in [-0.25, -0.2) is 13.6 Å². The van der Waals surface area contributed by atoms with Gasteiger partial charge in [0.1, 0.15) is 11.0 Å². The Morgan fingerprint density at radius 3 is 2.83 bits per heavy atom. The first-order valence-corrected chi connectivity index (χ1v) is 7.39. The Kier molecular flexibility index (Phi) is 3.72. The number of amides is 1. The van der Waals surface area contributed by atoms with Crippen molar-refractivity contribution < 1.29 is 17.6 Å². The van der Waals surface area contributed by atoms with Crippen LogP contribution in [0.1, 0.15) is 18.6 Å². The van der Waals surface area contributed by atoms with Crippen molar-refractivity contribution in [1.82, 2.24) is 4.90 Å². The number of aryl methyl sites for hydroxylation is 1. The van der Waals surface area contributed by atoms with E-state index in [9.17, 15) is 13.2 Å². The van der Waals surface area contributed by atoms with Crippen LogP contribution in [0.4, 0.5) is 0 Å². The van der Waals surface area contributed by atoms with E-state index in [2.05, 4.69) is 0 Å². The molecule has 1 aromatic rings. The van der Waals surface area contributed by atoms with Crippen molar-refractivity contribution >= 4 is 15.9 Å². The summed E-state index contributed by atoms with van der Waals surface area (Å²) in [4.78, 5) is 13.2. The highest BCUT2D eigenvalue weighted by molar-refractivity contribution is 7.89. The molecular weight excluding hydrogens is 256 g/mol. The number of furan rings is 1. The second-order valence-corrected chi connectivity index (χ2v) is 6.28. The quantitative estimate of drug-likeness (QED) is 0.822. The van der Waals surface area contributed by atoms with Crippen LogP contribution in [0.2, 0.25) is 0 Å². The molecule has 0 radical (unpaired) electrons.